The van der Waals surface area contributed by atoms with E-state index < -0.39 is 57.0 Å². The molecule has 0 aliphatic heterocycles. The van der Waals surface area contributed by atoms with E-state index >= 15 is 0 Å². The number of nitrogens with two attached hydrogens (primary N) is 1. The third-order valence-corrected chi connectivity index (χ3v) is 4.53. The van der Waals surface area contributed by atoms with Crippen molar-refractivity contribution in [3.05, 3.63) is 0 Å². The van der Waals surface area contributed by atoms with Crippen LogP contribution in [0.1, 0.15) is 19.8 Å². The summed E-state index contributed by atoms with van der Waals surface area (Å²) in [6.07, 6.45) is -5.82. The van der Waals surface area contributed by atoms with Gasteiger partial charge in [-0.1, -0.05) is 13.3 Å². The van der Waals surface area contributed by atoms with Crippen molar-refractivity contribution in [2.45, 2.75) is 66.7 Å². The standard InChI is InChI=1S/C8H2F17NO2S.C4H10O/c9-1(10,3(13,14)5(17,18)7(21,22)23)2(11,12)4(15,16)6(19,20)8(24,25)29(26,27)28;1-2-3-4-5/h(H2,26,27,28);5H,2-4H2,1H3. The molecule has 0 bridgehead atoms. The van der Waals surface area contributed by atoms with E-state index in [1.165, 1.54) is 0 Å². The lowest BCUT2D eigenvalue weighted by Gasteiger charge is -2.42. The van der Waals surface area contributed by atoms with Gasteiger partial charge in [0.25, 0.3) is 10.0 Å². The molecule has 3 N–H and O–H groups in total. The molecule has 0 aliphatic carbocycles. The van der Waals surface area contributed by atoms with E-state index in [-0.39, 0.29) is 0 Å². The lowest BCUT2D eigenvalue weighted by Crippen LogP contribution is -2.75. The lowest BCUT2D eigenvalue weighted by atomic mass is 9.91. The van der Waals surface area contributed by atoms with Gasteiger partial charge in [0.2, 0.25) is 0 Å². The maximum Gasteiger partial charge on any atom is 0.460 e. The molecule has 0 amide bonds. The Morgan fingerprint density at radius 2 is 0.853 bits per heavy atom. The number of hydrogen-bond donors (Lipinski definition) is 2. The minimum atomic E-state index is -8.84. The second kappa shape index (κ2) is 9.62. The maximum absolute atomic E-state index is 13.1. The molecule has 0 atom stereocenters. The number of aliphatic hydroxyl groups excluding tert-OH is 1. The number of aliphatic hydroxyl groups is 1. The van der Waals surface area contributed by atoms with Crippen LogP contribution in [0.25, 0.3) is 0 Å². The van der Waals surface area contributed by atoms with Crippen LogP contribution in [0.3, 0.4) is 0 Å². The highest BCUT2D eigenvalue weighted by Crippen LogP contribution is 2.64. The van der Waals surface area contributed by atoms with Gasteiger partial charge < -0.3 is 5.11 Å². The van der Waals surface area contributed by atoms with Crippen LogP contribution < -0.4 is 5.14 Å². The first-order valence-electron chi connectivity index (χ1n) is 7.76. The van der Waals surface area contributed by atoms with E-state index in [1.807, 2.05) is 0 Å². The summed E-state index contributed by atoms with van der Waals surface area (Å²) in [6.45, 7) is 2.40. The molecule has 0 heterocycles. The van der Waals surface area contributed by atoms with Crippen molar-refractivity contribution in [3.8, 4) is 0 Å². The average Bonchev–Trinajstić information content (AvgIpc) is 2.59. The van der Waals surface area contributed by atoms with Crippen LogP contribution in [0.2, 0.25) is 0 Å². The molecular weight excluding hydrogens is 561 g/mol. The van der Waals surface area contributed by atoms with Gasteiger partial charge in [-0.3, -0.25) is 0 Å². The Bertz CT molecular complexity index is 788. The van der Waals surface area contributed by atoms with Gasteiger partial charge in [-0.25, -0.2) is 13.6 Å². The summed E-state index contributed by atoms with van der Waals surface area (Å²) in [6, 6.07) is 0. The fourth-order valence-electron chi connectivity index (χ4n) is 1.49. The maximum atomic E-state index is 13.1. The van der Waals surface area contributed by atoms with E-state index in [0.29, 0.717) is 6.61 Å². The van der Waals surface area contributed by atoms with E-state index in [9.17, 15) is 83.1 Å². The third-order valence-electron chi connectivity index (χ3n) is 3.56. The Kier molecular flexibility index (Phi) is 9.86. The number of halogens is 17. The molecule has 0 aromatic rings. The first-order chi connectivity index (χ1) is 14.4. The van der Waals surface area contributed by atoms with Gasteiger partial charge in [0, 0.05) is 6.61 Å². The zero-order valence-electron chi connectivity index (χ0n) is 15.8. The van der Waals surface area contributed by atoms with Crippen molar-refractivity contribution in [3.63, 3.8) is 0 Å². The number of primary sulfonamides is 1. The zero-order chi connectivity index (χ0) is 28.6. The lowest BCUT2D eigenvalue weighted by molar-refractivity contribution is -0.458. The summed E-state index contributed by atoms with van der Waals surface area (Å²) in [5, 5.41) is 3.77. The largest absolute Gasteiger partial charge is 0.460 e. The molecule has 4 nitrogen and oxygen atoms in total. The molecule has 0 aromatic carbocycles. The predicted octanol–water partition coefficient (Wildman–Crippen LogP) is 5.02. The first kappa shape index (κ1) is 34.8. The molecule has 0 aromatic heterocycles. The van der Waals surface area contributed by atoms with Crippen molar-refractivity contribution in [1.82, 2.24) is 0 Å². The zero-order valence-corrected chi connectivity index (χ0v) is 16.6. The highest BCUT2D eigenvalue weighted by atomic mass is 32.2. The number of rotatable bonds is 9. The molecule has 34 heavy (non-hydrogen) atoms. The Morgan fingerprint density at radius 3 is 1.03 bits per heavy atom. The van der Waals surface area contributed by atoms with E-state index in [2.05, 4.69) is 12.1 Å². The molecule has 22 heteroatoms. The molecule has 0 aliphatic rings. The average molecular weight is 573 g/mol. The summed E-state index contributed by atoms with van der Waals surface area (Å²) in [7, 11) is -7.39. The van der Waals surface area contributed by atoms with Gasteiger partial charge in [-0.2, -0.15) is 74.6 Å². The van der Waals surface area contributed by atoms with Crippen LogP contribution in [0, 0.1) is 0 Å². The highest BCUT2D eigenvalue weighted by Gasteiger charge is 2.96. The molecular formula is C12H12F17NO3S. The van der Waals surface area contributed by atoms with Gasteiger partial charge >= 0.3 is 47.0 Å². The second-order valence-electron chi connectivity index (χ2n) is 6.08. The Morgan fingerprint density at radius 1 is 0.588 bits per heavy atom. The monoisotopic (exact) mass is 573 g/mol. The fourth-order valence-corrected chi connectivity index (χ4v) is 1.97. The molecule has 0 saturated heterocycles. The quantitative estimate of drug-likeness (QED) is 0.381. The smallest absolute Gasteiger partial charge is 0.396 e. The van der Waals surface area contributed by atoms with Crippen LogP contribution in [0.5, 0.6) is 0 Å². The molecule has 0 saturated carbocycles. The highest BCUT2D eigenvalue weighted by molar-refractivity contribution is 7.90. The second-order valence-corrected chi connectivity index (χ2v) is 7.69. The van der Waals surface area contributed by atoms with Crippen molar-refractivity contribution >= 4 is 10.0 Å². The van der Waals surface area contributed by atoms with Crippen molar-refractivity contribution < 1.29 is 88.2 Å². The van der Waals surface area contributed by atoms with Crippen molar-refractivity contribution in [1.29, 1.82) is 0 Å². The van der Waals surface area contributed by atoms with Gasteiger partial charge in [0.1, 0.15) is 0 Å². The van der Waals surface area contributed by atoms with Crippen LogP contribution in [-0.4, -0.2) is 67.1 Å². The van der Waals surface area contributed by atoms with Crippen LogP contribution >= 0.6 is 0 Å². The molecule has 0 spiro atoms. The summed E-state index contributed by atoms with van der Waals surface area (Å²) < 4.78 is 236. The normalized spacial score (nSPS) is 15.6. The van der Waals surface area contributed by atoms with E-state index in [4.69, 9.17) is 5.11 Å². The summed E-state index contributed by atoms with van der Waals surface area (Å²) >= 11 is 0. The van der Waals surface area contributed by atoms with Crippen LogP contribution in [-0.2, 0) is 10.0 Å². The van der Waals surface area contributed by atoms with Crippen molar-refractivity contribution in [2.75, 3.05) is 6.61 Å². The Hall–Kier alpha value is -1.32. The molecule has 0 radical (unpaired) electrons. The van der Waals surface area contributed by atoms with Crippen molar-refractivity contribution in [2.24, 2.45) is 5.14 Å². The molecule has 0 rings (SSSR count). The number of hydrogen-bond acceptors (Lipinski definition) is 3. The van der Waals surface area contributed by atoms with Crippen LogP contribution in [0.4, 0.5) is 74.6 Å². The van der Waals surface area contributed by atoms with Gasteiger partial charge in [0.15, 0.2) is 0 Å². The number of sulfonamides is 1. The first-order valence-corrected chi connectivity index (χ1v) is 9.31. The summed E-state index contributed by atoms with van der Waals surface area (Å²) in [4.78, 5) is 0. The molecule has 0 fully saturated rings. The third kappa shape index (κ3) is 5.12. The van der Waals surface area contributed by atoms with E-state index in [0.717, 1.165) is 12.8 Å². The molecule has 0 unspecified atom stereocenters. The Labute approximate surface area is 177 Å². The van der Waals surface area contributed by atoms with E-state index in [1.54, 1.807) is 0 Å². The summed E-state index contributed by atoms with van der Waals surface area (Å²) in [5.41, 5.74) is 0. The van der Waals surface area contributed by atoms with Gasteiger partial charge in [0.05, 0.1) is 0 Å². The van der Waals surface area contributed by atoms with Crippen LogP contribution in [0.15, 0.2) is 0 Å². The topological polar surface area (TPSA) is 80.4 Å². The van der Waals surface area contributed by atoms with Gasteiger partial charge in [-0.05, 0) is 6.42 Å². The fraction of sp³-hybridized carbons (Fsp3) is 1.00. The summed E-state index contributed by atoms with van der Waals surface area (Å²) in [5.74, 6) is -51.6. The SMILES string of the molecule is CCCCO.NS(=O)(=O)C(F)(F)C(F)(F)C(F)(F)C(F)(F)C(F)(F)C(F)(F)C(F)(F)C(F)(F)F. The molecule has 208 valence electrons. The number of alkyl halides is 17. The minimum Gasteiger partial charge on any atom is -0.396 e. The number of unbranched alkanes of at least 4 members (excludes halogenated alkanes) is 1. The predicted molar refractivity (Wildman–Crippen MR) is 75.8 cm³/mol. The minimum absolute atomic E-state index is 0.344. The van der Waals surface area contributed by atoms with Gasteiger partial charge in [-0.15, -0.1) is 0 Å². The Balaban J connectivity index is 0.